The Labute approximate surface area is 187 Å². The molecule has 32 heavy (non-hydrogen) atoms. The molecule has 3 aromatic rings. The molecular weight excluding hydrogens is 408 g/mol. The maximum atomic E-state index is 13.9. The summed E-state index contributed by atoms with van der Waals surface area (Å²) in [5, 5.41) is 3.49. The van der Waals surface area contributed by atoms with Gasteiger partial charge in [-0.25, -0.2) is 0 Å². The van der Waals surface area contributed by atoms with Crippen LogP contribution in [0.2, 0.25) is 0 Å². The quantitative estimate of drug-likeness (QED) is 0.601. The number of benzene rings is 3. The number of nitrogens with one attached hydrogen (secondary N) is 1. The number of carbonyl (C=O) groups excluding carboxylic acids is 1. The van der Waals surface area contributed by atoms with Crippen LogP contribution in [0.5, 0.6) is 23.0 Å². The third-order valence-corrected chi connectivity index (χ3v) is 5.56. The van der Waals surface area contributed by atoms with Gasteiger partial charge in [-0.05, 0) is 42.8 Å². The van der Waals surface area contributed by atoms with Crippen molar-refractivity contribution in [3.63, 3.8) is 0 Å². The van der Waals surface area contributed by atoms with Gasteiger partial charge < -0.3 is 24.3 Å². The van der Waals surface area contributed by atoms with Crippen LogP contribution in [-0.4, -0.2) is 34.3 Å². The molecule has 1 aliphatic heterocycles. The van der Waals surface area contributed by atoms with Crippen molar-refractivity contribution >= 4 is 17.3 Å². The van der Waals surface area contributed by atoms with Crippen LogP contribution in [-0.2, 0) is 0 Å². The average molecular weight is 434 g/mol. The number of carbonyl (C=O) groups is 1. The van der Waals surface area contributed by atoms with Crippen molar-refractivity contribution in [3.05, 3.63) is 71.3 Å². The number of ether oxygens (including phenoxy) is 4. The lowest BCUT2D eigenvalue weighted by Gasteiger charge is -2.39. The van der Waals surface area contributed by atoms with Gasteiger partial charge in [0.05, 0.1) is 39.7 Å². The van der Waals surface area contributed by atoms with Gasteiger partial charge in [0.15, 0.2) is 11.5 Å². The zero-order valence-electron chi connectivity index (χ0n) is 18.8. The highest BCUT2D eigenvalue weighted by Crippen LogP contribution is 2.49. The molecule has 3 aromatic carbocycles. The van der Waals surface area contributed by atoms with E-state index in [1.54, 1.807) is 25.2 Å². The third-order valence-electron chi connectivity index (χ3n) is 5.56. The molecule has 1 N–H and O–H groups in total. The van der Waals surface area contributed by atoms with Crippen LogP contribution in [0.1, 0.15) is 27.7 Å². The van der Waals surface area contributed by atoms with Crippen LogP contribution < -0.4 is 29.2 Å². The molecule has 1 amide bonds. The van der Waals surface area contributed by atoms with E-state index in [-0.39, 0.29) is 5.91 Å². The number of hydrogen-bond acceptors (Lipinski definition) is 6. The van der Waals surface area contributed by atoms with Crippen LogP contribution in [0.3, 0.4) is 0 Å². The maximum absolute atomic E-state index is 13.9. The first-order valence-electron chi connectivity index (χ1n) is 10.2. The van der Waals surface area contributed by atoms with Gasteiger partial charge in [-0.2, -0.15) is 0 Å². The van der Waals surface area contributed by atoms with Crippen molar-refractivity contribution in [3.8, 4) is 23.0 Å². The number of nitrogens with zero attached hydrogens (tertiary/aromatic N) is 1. The lowest BCUT2D eigenvalue weighted by molar-refractivity contribution is 0.0974. The summed E-state index contributed by atoms with van der Waals surface area (Å²) in [5.41, 5.74) is 3.76. The number of hydrogen-bond donors (Lipinski definition) is 1. The Hall–Kier alpha value is -3.87. The Morgan fingerprint density at radius 2 is 1.47 bits per heavy atom. The standard InChI is InChI=1S/C25H26N2O5/c1-15-6-10-17(11-7-15)27-24(16-8-12-18(29-2)13-9-16)26-21-19(25(27)28)14-20(30-3)22(31-4)23(21)32-5/h6-14,24,26H,1-5H3/t24-/m1/s1. The van der Waals surface area contributed by atoms with E-state index in [0.29, 0.717) is 28.5 Å². The molecule has 1 heterocycles. The summed E-state index contributed by atoms with van der Waals surface area (Å²) in [4.78, 5) is 15.6. The van der Waals surface area contributed by atoms with Crippen molar-refractivity contribution in [1.82, 2.24) is 0 Å². The molecule has 0 radical (unpaired) electrons. The lowest BCUT2D eigenvalue weighted by atomic mass is 10.0. The molecular formula is C25H26N2O5. The van der Waals surface area contributed by atoms with E-state index in [4.69, 9.17) is 18.9 Å². The zero-order valence-corrected chi connectivity index (χ0v) is 18.8. The van der Waals surface area contributed by atoms with E-state index in [1.165, 1.54) is 14.2 Å². The molecule has 1 atom stereocenters. The largest absolute Gasteiger partial charge is 0.497 e. The van der Waals surface area contributed by atoms with Gasteiger partial charge in [-0.3, -0.25) is 9.69 Å². The Kier molecular flexibility index (Phi) is 5.81. The fourth-order valence-corrected chi connectivity index (χ4v) is 3.91. The van der Waals surface area contributed by atoms with Gasteiger partial charge in [0, 0.05) is 5.69 Å². The van der Waals surface area contributed by atoms with E-state index in [0.717, 1.165) is 22.6 Å². The highest BCUT2D eigenvalue weighted by Gasteiger charge is 2.38. The highest BCUT2D eigenvalue weighted by molar-refractivity contribution is 6.13. The minimum atomic E-state index is -0.476. The Bertz CT molecular complexity index is 1130. The number of anilines is 2. The van der Waals surface area contributed by atoms with Crippen molar-refractivity contribution in [2.45, 2.75) is 13.1 Å². The van der Waals surface area contributed by atoms with Gasteiger partial charge >= 0.3 is 0 Å². The SMILES string of the molecule is COc1ccc([C@@H]2Nc3c(cc(OC)c(OC)c3OC)C(=O)N2c2ccc(C)cc2)cc1. The molecule has 0 saturated heterocycles. The van der Waals surface area contributed by atoms with Crippen LogP contribution in [0.4, 0.5) is 11.4 Å². The van der Waals surface area contributed by atoms with E-state index in [9.17, 15) is 4.79 Å². The minimum Gasteiger partial charge on any atom is -0.497 e. The number of aryl methyl sites for hydroxylation is 1. The van der Waals surface area contributed by atoms with Crippen molar-refractivity contribution in [1.29, 1.82) is 0 Å². The third kappa shape index (κ3) is 3.56. The minimum absolute atomic E-state index is 0.178. The summed E-state index contributed by atoms with van der Waals surface area (Å²) in [6.45, 7) is 2.01. The van der Waals surface area contributed by atoms with E-state index >= 15 is 0 Å². The summed E-state index contributed by atoms with van der Waals surface area (Å²) < 4.78 is 21.9. The molecule has 7 nitrogen and oxygen atoms in total. The molecule has 0 aromatic heterocycles. The second-order valence-electron chi connectivity index (χ2n) is 7.40. The predicted octanol–water partition coefficient (Wildman–Crippen LogP) is 4.80. The molecule has 0 unspecified atom stereocenters. The lowest BCUT2D eigenvalue weighted by Crippen LogP contribution is -2.43. The molecule has 4 rings (SSSR count). The van der Waals surface area contributed by atoms with Crippen LogP contribution >= 0.6 is 0 Å². The van der Waals surface area contributed by atoms with Crippen molar-refractivity contribution < 1.29 is 23.7 Å². The summed E-state index contributed by atoms with van der Waals surface area (Å²) in [6.07, 6.45) is -0.476. The molecule has 0 bridgehead atoms. The van der Waals surface area contributed by atoms with Crippen LogP contribution in [0, 0.1) is 6.92 Å². The number of amides is 1. The molecule has 0 aliphatic carbocycles. The van der Waals surface area contributed by atoms with Gasteiger partial charge in [-0.1, -0.05) is 29.8 Å². The highest BCUT2D eigenvalue weighted by atomic mass is 16.5. The number of fused-ring (bicyclic) bond motifs is 1. The summed E-state index contributed by atoms with van der Waals surface area (Å²) in [6, 6.07) is 17.1. The van der Waals surface area contributed by atoms with E-state index < -0.39 is 6.17 Å². The fourth-order valence-electron chi connectivity index (χ4n) is 3.91. The maximum Gasteiger partial charge on any atom is 0.262 e. The predicted molar refractivity (Wildman–Crippen MR) is 123 cm³/mol. The molecule has 0 saturated carbocycles. The summed E-state index contributed by atoms with van der Waals surface area (Å²) >= 11 is 0. The first kappa shape index (κ1) is 21.4. The second-order valence-corrected chi connectivity index (χ2v) is 7.40. The molecule has 0 spiro atoms. The van der Waals surface area contributed by atoms with Crippen molar-refractivity contribution in [2.75, 3.05) is 38.7 Å². The molecule has 0 fully saturated rings. The normalized spacial score (nSPS) is 15.0. The Morgan fingerprint density at radius 1 is 0.812 bits per heavy atom. The zero-order chi connectivity index (χ0) is 22.8. The first-order valence-corrected chi connectivity index (χ1v) is 10.2. The van der Waals surface area contributed by atoms with E-state index in [1.807, 2.05) is 55.5 Å². The molecule has 7 heteroatoms. The van der Waals surface area contributed by atoms with Crippen LogP contribution in [0.15, 0.2) is 54.6 Å². The van der Waals surface area contributed by atoms with Gasteiger partial charge in [0.2, 0.25) is 5.75 Å². The number of rotatable bonds is 6. The topological polar surface area (TPSA) is 69.3 Å². The smallest absolute Gasteiger partial charge is 0.262 e. The Balaban J connectivity index is 1.92. The summed E-state index contributed by atoms with van der Waals surface area (Å²) in [5.74, 6) is 1.82. The van der Waals surface area contributed by atoms with Gasteiger partial charge in [-0.15, -0.1) is 0 Å². The second kappa shape index (κ2) is 8.70. The van der Waals surface area contributed by atoms with Gasteiger partial charge in [0.25, 0.3) is 5.91 Å². The van der Waals surface area contributed by atoms with Crippen molar-refractivity contribution in [2.24, 2.45) is 0 Å². The first-order chi connectivity index (χ1) is 15.5. The molecule has 166 valence electrons. The molecule has 1 aliphatic rings. The fraction of sp³-hybridized carbons (Fsp3) is 0.240. The summed E-state index contributed by atoms with van der Waals surface area (Å²) in [7, 11) is 6.23. The van der Waals surface area contributed by atoms with E-state index in [2.05, 4.69) is 5.32 Å². The average Bonchev–Trinajstić information content (AvgIpc) is 2.83. The van der Waals surface area contributed by atoms with Gasteiger partial charge in [0.1, 0.15) is 11.9 Å². The number of methoxy groups -OCH3 is 4. The van der Waals surface area contributed by atoms with Crippen LogP contribution in [0.25, 0.3) is 0 Å². The Morgan fingerprint density at radius 3 is 2.03 bits per heavy atom. The monoisotopic (exact) mass is 434 g/mol.